The second-order valence-corrected chi connectivity index (χ2v) is 8.32. The van der Waals surface area contributed by atoms with Crippen LogP contribution in [0.4, 0.5) is 0 Å². The fourth-order valence-electron chi connectivity index (χ4n) is 2.80. The van der Waals surface area contributed by atoms with Crippen LogP contribution in [0.2, 0.25) is 5.02 Å². The van der Waals surface area contributed by atoms with Crippen molar-refractivity contribution in [2.24, 2.45) is 5.92 Å². The molecule has 2 unspecified atom stereocenters. The Morgan fingerprint density at radius 1 is 1.15 bits per heavy atom. The number of benzene rings is 2. The van der Waals surface area contributed by atoms with E-state index in [4.69, 9.17) is 16.3 Å². The molecule has 1 saturated heterocycles. The first-order valence-corrected chi connectivity index (χ1v) is 10.1. The van der Waals surface area contributed by atoms with Gasteiger partial charge in [0.2, 0.25) is 10.0 Å². The highest BCUT2D eigenvalue weighted by molar-refractivity contribution is 7.89. The molecule has 2 aromatic rings. The summed E-state index contributed by atoms with van der Waals surface area (Å²) in [4.78, 5) is 0.227. The van der Waals surface area contributed by atoms with Gasteiger partial charge < -0.3 is 10.1 Å². The lowest BCUT2D eigenvalue weighted by atomic mass is 9.97. The number of sulfonamides is 1. The van der Waals surface area contributed by atoms with Gasteiger partial charge in [0.1, 0.15) is 11.5 Å². The second-order valence-electron chi connectivity index (χ2n) is 6.20. The van der Waals surface area contributed by atoms with Crippen molar-refractivity contribution in [2.75, 3.05) is 13.1 Å². The number of para-hydroxylation sites is 1. The number of nitrogens with one attached hydrogen (secondary N) is 2. The average molecular weight is 417 g/mol. The van der Waals surface area contributed by atoms with Gasteiger partial charge in [-0.1, -0.05) is 30.7 Å². The lowest BCUT2D eigenvalue weighted by molar-refractivity contribution is 0.328. The van der Waals surface area contributed by atoms with Crippen molar-refractivity contribution in [2.45, 2.75) is 24.3 Å². The van der Waals surface area contributed by atoms with E-state index in [-0.39, 0.29) is 29.3 Å². The molecular formula is C18H22Cl2N2O3S. The molecule has 3 rings (SSSR count). The number of hydrogen-bond acceptors (Lipinski definition) is 4. The minimum atomic E-state index is -3.55. The van der Waals surface area contributed by atoms with Gasteiger partial charge in [0.05, 0.1) is 9.92 Å². The summed E-state index contributed by atoms with van der Waals surface area (Å²) in [6.45, 7) is 3.68. The van der Waals surface area contributed by atoms with Crippen LogP contribution in [0.1, 0.15) is 13.3 Å². The highest BCUT2D eigenvalue weighted by Gasteiger charge is 2.26. The molecule has 0 bridgehead atoms. The minimum absolute atomic E-state index is 0. The maximum absolute atomic E-state index is 12.6. The Bertz CT molecular complexity index is 829. The van der Waals surface area contributed by atoms with Crippen molar-refractivity contribution in [3.63, 3.8) is 0 Å². The number of ether oxygens (including phenoxy) is 1. The molecule has 1 fully saturated rings. The van der Waals surface area contributed by atoms with E-state index in [0.717, 1.165) is 19.5 Å². The molecule has 1 heterocycles. The summed E-state index contributed by atoms with van der Waals surface area (Å²) >= 11 is 6.06. The molecule has 8 heteroatoms. The van der Waals surface area contributed by atoms with Crippen LogP contribution in [0.3, 0.4) is 0 Å². The van der Waals surface area contributed by atoms with Crippen LogP contribution in [-0.2, 0) is 10.0 Å². The maximum atomic E-state index is 12.6. The summed E-state index contributed by atoms with van der Waals surface area (Å²) < 4.78 is 33.7. The van der Waals surface area contributed by atoms with Crippen LogP contribution in [0.15, 0.2) is 53.4 Å². The first-order chi connectivity index (χ1) is 12.0. The smallest absolute Gasteiger partial charge is 0.240 e. The lowest BCUT2D eigenvalue weighted by Gasteiger charge is -2.29. The molecule has 0 amide bonds. The molecule has 2 atom stereocenters. The van der Waals surface area contributed by atoms with E-state index < -0.39 is 10.0 Å². The molecule has 2 N–H and O–H groups in total. The van der Waals surface area contributed by atoms with Gasteiger partial charge in [-0.3, -0.25) is 0 Å². The third-order valence-corrected chi connectivity index (χ3v) is 6.11. The van der Waals surface area contributed by atoms with Crippen molar-refractivity contribution in [1.29, 1.82) is 0 Å². The van der Waals surface area contributed by atoms with Crippen LogP contribution in [-0.4, -0.2) is 27.5 Å². The number of halogens is 2. The maximum Gasteiger partial charge on any atom is 0.240 e. The zero-order chi connectivity index (χ0) is 17.9. The van der Waals surface area contributed by atoms with Gasteiger partial charge in [-0.25, -0.2) is 13.1 Å². The van der Waals surface area contributed by atoms with Gasteiger partial charge in [-0.2, -0.15) is 0 Å². The van der Waals surface area contributed by atoms with Crippen molar-refractivity contribution < 1.29 is 13.2 Å². The fourth-order valence-corrected chi connectivity index (χ4v) is 4.35. The molecule has 0 radical (unpaired) electrons. The highest BCUT2D eigenvalue weighted by atomic mass is 35.5. The summed E-state index contributed by atoms with van der Waals surface area (Å²) in [5.41, 5.74) is 0. The summed E-state index contributed by atoms with van der Waals surface area (Å²) in [5, 5.41) is 3.76. The van der Waals surface area contributed by atoms with E-state index in [2.05, 4.69) is 10.0 Å². The van der Waals surface area contributed by atoms with Crippen LogP contribution < -0.4 is 14.8 Å². The predicted molar refractivity (Wildman–Crippen MR) is 106 cm³/mol. The molecule has 0 aromatic heterocycles. The third kappa shape index (κ3) is 5.11. The molecule has 142 valence electrons. The largest absolute Gasteiger partial charge is 0.456 e. The summed E-state index contributed by atoms with van der Waals surface area (Å²) in [6.07, 6.45) is 0.786. The number of hydrogen-bond donors (Lipinski definition) is 2. The van der Waals surface area contributed by atoms with E-state index in [1.165, 1.54) is 0 Å². The van der Waals surface area contributed by atoms with Crippen LogP contribution in [0.5, 0.6) is 11.5 Å². The minimum Gasteiger partial charge on any atom is -0.456 e. The van der Waals surface area contributed by atoms with Gasteiger partial charge in [0.25, 0.3) is 0 Å². The summed E-state index contributed by atoms with van der Waals surface area (Å²) in [5.74, 6) is 1.31. The molecule has 5 nitrogen and oxygen atoms in total. The normalized spacial score (nSPS) is 20.2. The van der Waals surface area contributed by atoms with E-state index in [1.54, 1.807) is 36.4 Å². The molecule has 0 saturated carbocycles. The molecule has 1 aliphatic rings. The number of rotatable bonds is 5. The van der Waals surface area contributed by atoms with Gasteiger partial charge in [0, 0.05) is 6.04 Å². The Morgan fingerprint density at radius 3 is 2.50 bits per heavy atom. The molecule has 0 aliphatic carbocycles. The van der Waals surface area contributed by atoms with Crippen molar-refractivity contribution in [3.05, 3.63) is 53.6 Å². The van der Waals surface area contributed by atoms with Gasteiger partial charge in [-0.15, -0.1) is 12.4 Å². The standard InChI is InChI=1S/C18H21ClN2O3S.ClH/c1-13-12-20-11-10-17(13)21-25(22,23)15-8-6-14(7-9-15)24-18-5-3-2-4-16(18)19;/h2-9,13,17,20-21H,10-12H2,1H3;1H. The van der Waals surface area contributed by atoms with Crippen molar-refractivity contribution in [3.8, 4) is 11.5 Å². The molecule has 0 spiro atoms. The lowest BCUT2D eigenvalue weighted by Crippen LogP contribution is -2.48. The van der Waals surface area contributed by atoms with Gasteiger partial charge in [-0.05, 0) is 61.8 Å². The van der Waals surface area contributed by atoms with Crippen molar-refractivity contribution >= 4 is 34.0 Å². The Labute approximate surface area is 165 Å². The zero-order valence-corrected chi connectivity index (χ0v) is 16.7. The molecule has 26 heavy (non-hydrogen) atoms. The van der Waals surface area contributed by atoms with E-state index >= 15 is 0 Å². The highest BCUT2D eigenvalue weighted by Crippen LogP contribution is 2.29. The monoisotopic (exact) mass is 416 g/mol. The Balaban J connectivity index is 0.00000243. The average Bonchev–Trinajstić information content (AvgIpc) is 2.59. The Morgan fingerprint density at radius 2 is 1.85 bits per heavy atom. The first kappa shape index (κ1) is 21.0. The zero-order valence-electron chi connectivity index (χ0n) is 14.3. The second kappa shape index (κ2) is 9.06. The predicted octanol–water partition coefficient (Wildman–Crippen LogP) is 3.83. The van der Waals surface area contributed by atoms with Crippen LogP contribution in [0, 0.1) is 5.92 Å². The van der Waals surface area contributed by atoms with Crippen LogP contribution >= 0.6 is 24.0 Å². The van der Waals surface area contributed by atoms with E-state index in [0.29, 0.717) is 16.5 Å². The third-order valence-electron chi connectivity index (χ3n) is 4.29. The van der Waals surface area contributed by atoms with Gasteiger partial charge >= 0.3 is 0 Å². The summed E-state index contributed by atoms with van der Waals surface area (Å²) in [7, 11) is -3.55. The molecule has 2 aromatic carbocycles. The first-order valence-electron chi connectivity index (χ1n) is 8.21. The van der Waals surface area contributed by atoms with Gasteiger partial charge in [0.15, 0.2) is 0 Å². The number of piperidine rings is 1. The quantitative estimate of drug-likeness (QED) is 0.776. The van der Waals surface area contributed by atoms with E-state index in [9.17, 15) is 8.42 Å². The Kier molecular flexibility index (Phi) is 7.32. The summed E-state index contributed by atoms with van der Waals surface area (Å²) in [6, 6.07) is 13.4. The Hall–Kier alpha value is -1.31. The van der Waals surface area contributed by atoms with Crippen LogP contribution in [0.25, 0.3) is 0 Å². The fraction of sp³-hybridized carbons (Fsp3) is 0.333. The molecule has 1 aliphatic heterocycles. The molecular weight excluding hydrogens is 395 g/mol. The topological polar surface area (TPSA) is 67.4 Å². The van der Waals surface area contributed by atoms with E-state index in [1.807, 2.05) is 19.1 Å². The SMILES string of the molecule is CC1CNCCC1NS(=O)(=O)c1ccc(Oc2ccccc2Cl)cc1.Cl. The van der Waals surface area contributed by atoms with Crippen molar-refractivity contribution in [1.82, 2.24) is 10.0 Å².